The highest BCUT2D eigenvalue weighted by molar-refractivity contribution is 7.09. The first-order valence-electron chi connectivity index (χ1n) is 7.93. The molecule has 0 aliphatic rings. The SMILES string of the molecule is Cc1csc([C@@H](C#N)C=N[C@@H](C)c2ccc(CC(C)C)cc2)n1. The zero-order chi connectivity index (χ0) is 16.8. The summed E-state index contributed by atoms with van der Waals surface area (Å²) in [6, 6.07) is 10.9. The van der Waals surface area contributed by atoms with E-state index in [4.69, 9.17) is 0 Å². The topological polar surface area (TPSA) is 49.0 Å². The largest absolute Gasteiger partial charge is 0.288 e. The van der Waals surface area contributed by atoms with E-state index in [1.807, 2.05) is 12.3 Å². The van der Waals surface area contributed by atoms with Crippen LogP contribution in [0, 0.1) is 24.2 Å². The Balaban J connectivity index is 2.05. The lowest BCUT2D eigenvalue weighted by Crippen LogP contribution is -1.99. The van der Waals surface area contributed by atoms with Crippen molar-refractivity contribution in [3.63, 3.8) is 0 Å². The van der Waals surface area contributed by atoms with Gasteiger partial charge < -0.3 is 0 Å². The van der Waals surface area contributed by atoms with Gasteiger partial charge in [-0.15, -0.1) is 11.3 Å². The standard InChI is InChI=1S/C19H23N3S/c1-13(2)9-16-5-7-17(8-6-16)15(4)21-11-18(10-20)19-22-14(3)12-23-19/h5-8,11-13,15,18H,9H2,1-4H3/t15-,18-/m0/s1. The Hall–Kier alpha value is -1.99. The second kappa shape index (κ2) is 8.03. The van der Waals surface area contributed by atoms with Crippen molar-refractivity contribution in [3.05, 3.63) is 51.5 Å². The quantitative estimate of drug-likeness (QED) is 0.695. The van der Waals surface area contributed by atoms with Gasteiger partial charge in [-0.2, -0.15) is 5.26 Å². The third-order valence-corrected chi connectivity index (χ3v) is 4.65. The maximum Gasteiger partial charge on any atom is 0.133 e. The number of aliphatic imine (C=N–C) groups is 1. The van der Waals surface area contributed by atoms with Gasteiger partial charge >= 0.3 is 0 Å². The molecule has 1 aromatic heterocycles. The molecule has 0 radical (unpaired) electrons. The van der Waals surface area contributed by atoms with Crippen LogP contribution >= 0.6 is 11.3 Å². The van der Waals surface area contributed by atoms with E-state index in [0.717, 1.165) is 17.1 Å². The molecule has 0 fully saturated rings. The molecule has 0 saturated heterocycles. The van der Waals surface area contributed by atoms with Gasteiger partial charge in [0.15, 0.2) is 0 Å². The summed E-state index contributed by atoms with van der Waals surface area (Å²) in [5.74, 6) is 0.297. The van der Waals surface area contributed by atoms with Crippen LogP contribution < -0.4 is 0 Å². The third-order valence-electron chi connectivity index (χ3n) is 3.61. The van der Waals surface area contributed by atoms with E-state index in [-0.39, 0.29) is 12.0 Å². The van der Waals surface area contributed by atoms with Gasteiger partial charge in [-0.3, -0.25) is 4.99 Å². The van der Waals surface area contributed by atoms with Gasteiger partial charge in [-0.05, 0) is 37.3 Å². The first-order valence-corrected chi connectivity index (χ1v) is 8.81. The molecule has 0 amide bonds. The number of hydrogen-bond donors (Lipinski definition) is 0. The normalized spacial score (nSPS) is 14.1. The average Bonchev–Trinajstić information content (AvgIpc) is 2.94. The molecule has 0 spiro atoms. The van der Waals surface area contributed by atoms with Gasteiger partial charge in [-0.1, -0.05) is 38.1 Å². The lowest BCUT2D eigenvalue weighted by molar-refractivity contribution is 0.647. The second-order valence-corrected chi connectivity index (χ2v) is 7.14. The van der Waals surface area contributed by atoms with Crippen LogP contribution in [0.25, 0.3) is 0 Å². The maximum absolute atomic E-state index is 9.32. The number of aromatic nitrogens is 1. The Bertz CT molecular complexity index is 692. The van der Waals surface area contributed by atoms with Crippen molar-refractivity contribution in [2.75, 3.05) is 0 Å². The van der Waals surface area contributed by atoms with Crippen LogP contribution in [0.1, 0.15) is 54.6 Å². The monoisotopic (exact) mass is 325 g/mol. The predicted molar refractivity (Wildman–Crippen MR) is 97.1 cm³/mol. The average molecular weight is 325 g/mol. The van der Waals surface area contributed by atoms with E-state index in [0.29, 0.717) is 5.92 Å². The zero-order valence-electron chi connectivity index (χ0n) is 14.2. The van der Waals surface area contributed by atoms with Crippen molar-refractivity contribution in [2.45, 2.75) is 46.1 Å². The zero-order valence-corrected chi connectivity index (χ0v) is 15.0. The molecule has 0 saturated carbocycles. The number of thiazole rings is 1. The molecule has 0 aliphatic carbocycles. The summed E-state index contributed by atoms with van der Waals surface area (Å²) < 4.78 is 0. The minimum atomic E-state index is -0.364. The summed E-state index contributed by atoms with van der Waals surface area (Å²) in [5, 5.41) is 12.1. The van der Waals surface area contributed by atoms with Gasteiger partial charge in [-0.25, -0.2) is 4.98 Å². The molecular weight excluding hydrogens is 302 g/mol. The number of nitriles is 1. The van der Waals surface area contributed by atoms with Crippen LogP contribution in [0.5, 0.6) is 0 Å². The molecule has 1 aromatic carbocycles. The van der Waals surface area contributed by atoms with E-state index in [9.17, 15) is 5.26 Å². The first kappa shape index (κ1) is 17.4. The fraction of sp³-hybridized carbons (Fsp3) is 0.421. The van der Waals surface area contributed by atoms with Gasteiger partial charge in [0.05, 0.1) is 12.1 Å². The summed E-state index contributed by atoms with van der Waals surface area (Å²) in [4.78, 5) is 8.94. The van der Waals surface area contributed by atoms with E-state index >= 15 is 0 Å². The Morgan fingerprint density at radius 3 is 2.48 bits per heavy atom. The summed E-state index contributed by atoms with van der Waals surface area (Å²) in [7, 11) is 0. The highest BCUT2D eigenvalue weighted by Crippen LogP contribution is 2.22. The van der Waals surface area contributed by atoms with Crippen molar-refractivity contribution in [1.82, 2.24) is 4.98 Å². The number of nitrogens with zero attached hydrogens (tertiary/aromatic N) is 3. The van der Waals surface area contributed by atoms with Gasteiger partial charge in [0.1, 0.15) is 10.9 Å². The van der Waals surface area contributed by atoms with E-state index in [1.54, 1.807) is 6.21 Å². The Kier molecular flexibility index (Phi) is 6.06. The molecule has 23 heavy (non-hydrogen) atoms. The lowest BCUT2D eigenvalue weighted by atomic mass is 10.00. The molecule has 0 bridgehead atoms. The van der Waals surface area contributed by atoms with Crippen LogP contribution in [-0.2, 0) is 6.42 Å². The van der Waals surface area contributed by atoms with Crippen molar-refractivity contribution >= 4 is 17.6 Å². The van der Waals surface area contributed by atoms with Crippen LogP contribution in [0.15, 0.2) is 34.6 Å². The highest BCUT2D eigenvalue weighted by Gasteiger charge is 2.12. The van der Waals surface area contributed by atoms with Crippen LogP contribution in [0.2, 0.25) is 0 Å². The molecule has 4 heteroatoms. The summed E-state index contributed by atoms with van der Waals surface area (Å²) in [5.41, 5.74) is 3.47. The van der Waals surface area contributed by atoms with E-state index < -0.39 is 0 Å². The third kappa shape index (κ3) is 5.01. The number of rotatable bonds is 6. The molecule has 2 rings (SSSR count). The molecule has 0 aliphatic heterocycles. The van der Waals surface area contributed by atoms with Crippen molar-refractivity contribution in [1.29, 1.82) is 5.26 Å². The Morgan fingerprint density at radius 1 is 1.26 bits per heavy atom. The molecule has 1 heterocycles. The number of hydrogen-bond acceptors (Lipinski definition) is 4. The van der Waals surface area contributed by atoms with Gasteiger partial charge in [0.2, 0.25) is 0 Å². The van der Waals surface area contributed by atoms with Gasteiger partial charge in [0.25, 0.3) is 0 Å². The van der Waals surface area contributed by atoms with Crippen LogP contribution in [0.3, 0.4) is 0 Å². The fourth-order valence-corrected chi connectivity index (χ4v) is 3.17. The minimum Gasteiger partial charge on any atom is -0.288 e. The summed E-state index contributed by atoms with van der Waals surface area (Å²) >= 11 is 1.51. The fourth-order valence-electron chi connectivity index (χ4n) is 2.37. The lowest BCUT2D eigenvalue weighted by Gasteiger charge is -2.10. The van der Waals surface area contributed by atoms with Gasteiger partial charge in [0, 0.05) is 17.3 Å². The Labute approximate surface area is 142 Å². The van der Waals surface area contributed by atoms with E-state index in [1.165, 1.54) is 22.5 Å². The number of aryl methyl sites for hydroxylation is 1. The summed E-state index contributed by atoms with van der Waals surface area (Å²) in [6.07, 6.45) is 2.82. The van der Waals surface area contributed by atoms with Crippen LogP contribution in [0.4, 0.5) is 0 Å². The van der Waals surface area contributed by atoms with Crippen molar-refractivity contribution in [2.24, 2.45) is 10.9 Å². The molecule has 0 unspecified atom stereocenters. The first-order chi connectivity index (χ1) is 11.0. The van der Waals surface area contributed by atoms with Crippen molar-refractivity contribution < 1.29 is 0 Å². The molecule has 2 atom stereocenters. The maximum atomic E-state index is 9.32. The Morgan fingerprint density at radius 2 is 1.96 bits per heavy atom. The minimum absolute atomic E-state index is 0.0417. The van der Waals surface area contributed by atoms with Crippen LogP contribution in [-0.4, -0.2) is 11.2 Å². The molecule has 3 nitrogen and oxygen atoms in total. The molecule has 120 valence electrons. The second-order valence-electron chi connectivity index (χ2n) is 6.25. The highest BCUT2D eigenvalue weighted by atomic mass is 32.1. The molecule has 2 aromatic rings. The smallest absolute Gasteiger partial charge is 0.133 e. The molecule has 0 N–H and O–H groups in total. The molecular formula is C19H23N3S. The predicted octanol–water partition coefficient (Wildman–Crippen LogP) is 5.09. The number of benzene rings is 1. The van der Waals surface area contributed by atoms with E-state index in [2.05, 4.69) is 61.1 Å². The van der Waals surface area contributed by atoms with Crippen molar-refractivity contribution in [3.8, 4) is 6.07 Å². The summed E-state index contributed by atoms with van der Waals surface area (Å²) in [6.45, 7) is 8.44.